The van der Waals surface area contributed by atoms with E-state index in [0.717, 1.165) is 36.5 Å². The maximum atomic E-state index is 12.4. The van der Waals surface area contributed by atoms with Gasteiger partial charge >= 0.3 is 135 Å². The maximum Gasteiger partial charge on any atom is -0.147 e. The first-order chi connectivity index (χ1) is 23.8. The van der Waals surface area contributed by atoms with Crippen LogP contribution in [0, 0.1) is 12.6 Å². The second-order valence-electron chi connectivity index (χ2n) is 15.2. The molecule has 0 spiro atoms. The summed E-state index contributed by atoms with van der Waals surface area (Å²) in [6.45, 7) is 30.0. The number of benzene rings is 3. The van der Waals surface area contributed by atoms with Crippen LogP contribution in [0.25, 0.3) is 0 Å². The molecular weight excluding hydrogens is 743 g/mol. The van der Waals surface area contributed by atoms with Gasteiger partial charge in [0.15, 0.2) is 0 Å². The minimum atomic E-state index is -0.297. The van der Waals surface area contributed by atoms with Gasteiger partial charge in [-0.25, -0.2) is 0 Å². The van der Waals surface area contributed by atoms with Gasteiger partial charge in [0.25, 0.3) is 0 Å². The Morgan fingerprint density at radius 2 is 1.25 bits per heavy atom. The van der Waals surface area contributed by atoms with Crippen molar-refractivity contribution in [3.63, 3.8) is 0 Å². The molecule has 281 valence electrons. The smallest absolute Gasteiger partial charge is 0.147 e. The molecule has 51 heavy (non-hydrogen) atoms. The molecule has 1 fully saturated rings. The van der Waals surface area contributed by atoms with Crippen molar-refractivity contribution in [2.75, 3.05) is 40.9 Å². The van der Waals surface area contributed by atoms with E-state index in [0.29, 0.717) is 42.7 Å². The van der Waals surface area contributed by atoms with Crippen molar-refractivity contribution in [3.8, 4) is 5.75 Å². The van der Waals surface area contributed by atoms with E-state index < -0.39 is 0 Å². The zero-order valence-corrected chi connectivity index (χ0v) is 35.2. The van der Waals surface area contributed by atoms with Crippen LogP contribution in [0.3, 0.4) is 0 Å². The molecule has 3 aromatic rings. The van der Waals surface area contributed by atoms with Gasteiger partial charge < -0.3 is 9.80 Å². The van der Waals surface area contributed by atoms with Crippen LogP contribution < -0.4 is 19.4 Å². The van der Waals surface area contributed by atoms with E-state index in [1.807, 2.05) is 36.7 Å². The van der Waals surface area contributed by atoms with Crippen LogP contribution in [0.1, 0.15) is 134 Å². The van der Waals surface area contributed by atoms with Crippen LogP contribution in [0.2, 0.25) is 0 Å². The van der Waals surface area contributed by atoms with Crippen molar-refractivity contribution in [1.29, 1.82) is 0 Å². The number of carbonyl (C=O) groups is 1. The summed E-state index contributed by atoms with van der Waals surface area (Å²) in [5.41, 5.74) is 10.4. The fraction of sp³-hybridized carbons (Fsp3) is 0.512. The van der Waals surface area contributed by atoms with E-state index in [4.69, 9.17) is 9.47 Å². The number of amides is 1. The molecule has 3 aromatic carbocycles. The maximum absolute atomic E-state index is 12.4. The molecule has 5 rings (SSSR count). The summed E-state index contributed by atoms with van der Waals surface area (Å²) in [7, 11) is 0. The van der Waals surface area contributed by atoms with Gasteiger partial charge in [-0.1, -0.05) is 91.8 Å². The van der Waals surface area contributed by atoms with Crippen molar-refractivity contribution < 1.29 is 32.1 Å². The predicted molar refractivity (Wildman–Crippen MR) is 215 cm³/mol. The molecule has 0 aromatic heterocycles. The Hall–Kier alpha value is -2.89. The average molecular weight is 805 g/mol. The number of hydrogen-bond donors (Lipinski definition) is 0. The second-order valence-corrected chi connectivity index (χ2v) is 15.7. The number of hydrogen-bond acceptors (Lipinski definition) is 5. The van der Waals surface area contributed by atoms with Crippen LogP contribution in [-0.2, 0) is 22.6 Å². The molecule has 6 nitrogen and oxygen atoms in total. The normalized spacial score (nSPS) is 15.5. The molecule has 8 heteroatoms. The Morgan fingerprint density at radius 1 is 0.804 bits per heavy atom. The average Bonchev–Trinajstić information content (AvgIpc) is 3.59. The van der Waals surface area contributed by atoms with E-state index in [9.17, 15) is 4.79 Å². The minimum absolute atomic E-state index is 0. The molecule has 0 radical (unpaired) electrons. The molecule has 1 atom stereocenters. The van der Waals surface area contributed by atoms with Gasteiger partial charge in [0.05, 0.1) is 0 Å². The van der Waals surface area contributed by atoms with Crippen LogP contribution in [0.5, 0.6) is 5.75 Å². The number of rotatable bonds is 10. The molecular formula is C43H61ClN3O3Ru. The number of halogens is 1. The van der Waals surface area contributed by atoms with Gasteiger partial charge in [0, 0.05) is 24.5 Å². The largest absolute Gasteiger partial charge is 0.147 e. The summed E-state index contributed by atoms with van der Waals surface area (Å²) in [5, 5.41) is 0. The minimum Gasteiger partial charge on any atom is -0.147 e. The summed E-state index contributed by atoms with van der Waals surface area (Å²) in [6.07, 6.45) is 0.547. The van der Waals surface area contributed by atoms with Crippen molar-refractivity contribution in [2.24, 2.45) is 5.92 Å². The van der Waals surface area contributed by atoms with E-state index >= 15 is 0 Å². The van der Waals surface area contributed by atoms with Crippen LogP contribution >= 0.6 is 12.4 Å². The van der Waals surface area contributed by atoms with E-state index in [-0.39, 0.29) is 24.6 Å². The summed E-state index contributed by atoms with van der Waals surface area (Å²) in [6, 6.07) is 19.5. The number of carbonyl (C=O) groups excluding carboxylic acids is 1. The third-order valence-corrected chi connectivity index (χ3v) is 9.97. The van der Waals surface area contributed by atoms with Gasteiger partial charge in [0.1, 0.15) is 0 Å². The van der Waals surface area contributed by atoms with Crippen LogP contribution in [-0.4, -0.2) is 43.0 Å². The molecule has 1 unspecified atom stereocenters. The summed E-state index contributed by atoms with van der Waals surface area (Å²) in [4.78, 5) is 19.1. The number of fused-ring (bicyclic) bond motifs is 1. The van der Waals surface area contributed by atoms with Crippen molar-refractivity contribution in [2.45, 2.75) is 112 Å². The fourth-order valence-corrected chi connectivity index (χ4v) is 7.09. The zero-order chi connectivity index (χ0) is 36.7. The zero-order valence-electron chi connectivity index (χ0n) is 32.7. The van der Waals surface area contributed by atoms with E-state index in [2.05, 4.69) is 133 Å². The molecule has 1 saturated heterocycles. The SMILES string of the molecule is CC(C)c1cccc(C(C)C)c1N1[CH-]N(c2c(C(C)C)cccc2C(C)C)CC1.CCC1CN(C(=O)OCC(C)C)c2cccc([CH]=[Ru+])c2O1.Cl. The first-order valence-electron chi connectivity index (χ1n) is 18.6. The summed E-state index contributed by atoms with van der Waals surface area (Å²) >= 11 is 2.48. The first kappa shape index (κ1) is 42.5. The fourth-order valence-electron chi connectivity index (χ4n) is 6.70. The quantitative estimate of drug-likeness (QED) is 0.151. The molecule has 2 heterocycles. The molecule has 0 saturated carbocycles. The Balaban J connectivity index is 0.000000284. The Bertz CT molecular complexity index is 1480. The summed E-state index contributed by atoms with van der Waals surface area (Å²) in [5.74, 6) is 3.14. The van der Waals surface area contributed by atoms with E-state index in [1.165, 1.54) is 33.6 Å². The van der Waals surface area contributed by atoms with E-state index in [1.54, 1.807) is 4.90 Å². The number of anilines is 3. The Labute approximate surface area is 324 Å². The van der Waals surface area contributed by atoms with Gasteiger partial charge in [-0.05, 0) is 45.9 Å². The third kappa shape index (κ3) is 10.2. The topological polar surface area (TPSA) is 45.2 Å². The monoisotopic (exact) mass is 804 g/mol. The number of ether oxygens (including phenoxy) is 2. The predicted octanol–water partition coefficient (Wildman–Crippen LogP) is 11.2. The molecule has 2 aliphatic heterocycles. The van der Waals surface area contributed by atoms with Gasteiger partial charge in [-0.2, -0.15) is 6.67 Å². The molecule has 0 bridgehead atoms. The van der Waals surface area contributed by atoms with Crippen molar-refractivity contribution in [1.82, 2.24) is 0 Å². The first-order valence-corrected chi connectivity index (χ1v) is 19.6. The second kappa shape index (κ2) is 19.3. The van der Waals surface area contributed by atoms with Crippen molar-refractivity contribution in [3.05, 3.63) is 89.1 Å². The van der Waals surface area contributed by atoms with Gasteiger partial charge in [0.2, 0.25) is 0 Å². The van der Waals surface area contributed by atoms with Crippen LogP contribution in [0.4, 0.5) is 21.9 Å². The molecule has 0 aliphatic carbocycles. The number of para-hydroxylation sites is 3. The number of nitrogens with zero attached hydrogens (tertiary/aromatic N) is 3. The summed E-state index contributed by atoms with van der Waals surface area (Å²) < 4.78 is 13.3. The third-order valence-electron chi connectivity index (χ3n) is 9.43. The Kier molecular flexibility index (Phi) is 16.1. The standard InChI is InChI=1S/C27H39N2.C16H21NO3.ClH.Ru/c1-18(2)22-11-9-12-23(19(3)4)26(22)28-15-16-29(17-28)27-24(20(5)6)13-10-14-25(27)21(7)8;1-5-13-9-17(16(18)19-10-11(2)3)14-8-6-7-12(4)15(14)20-13;;/h9-14,17-21H,15-16H2,1-8H3;4,6-8,11,13H,5,9-10H2,1-3H3;1H;/q-1;;;+1. The van der Waals surface area contributed by atoms with Crippen molar-refractivity contribution >= 4 is 40.2 Å². The molecule has 1 amide bonds. The Morgan fingerprint density at radius 3 is 1.65 bits per heavy atom. The molecule has 0 N–H and O–H groups in total. The molecule has 2 aliphatic rings. The van der Waals surface area contributed by atoms with Crippen LogP contribution in [0.15, 0.2) is 54.6 Å². The van der Waals surface area contributed by atoms with Gasteiger partial charge in [-0.3, -0.25) is 0 Å². The van der Waals surface area contributed by atoms with Gasteiger partial charge in [-0.15, -0.1) is 12.4 Å².